The van der Waals surface area contributed by atoms with Crippen LogP contribution in [0.25, 0.3) is 0 Å². The van der Waals surface area contributed by atoms with E-state index in [1.54, 1.807) is 19.1 Å². The van der Waals surface area contributed by atoms with Gasteiger partial charge in [0.05, 0.1) is 18.2 Å². The number of benzene rings is 1. The maximum Gasteiger partial charge on any atom is 0.344 e. The highest BCUT2D eigenvalue weighted by Crippen LogP contribution is 2.44. The van der Waals surface area contributed by atoms with Crippen molar-refractivity contribution in [3.63, 3.8) is 0 Å². The van der Waals surface area contributed by atoms with E-state index in [0.29, 0.717) is 23.8 Å². The molecule has 18 heavy (non-hydrogen) atoms. The molecule has 0 atom stereocenters. The van der Waals surface area contributed by atoms with Crippen LogP contribution in [0.5, 0.6) is 5.75 Å². The fourth-order valence-corrected chi connectivity index (χ4v) is 1.80. The number of hydrogen-bond donors (Lipinski definition) is 0. The van der Waals surface area contributed by atoms with Crippen molar-refractivity contribution >= 4 is 5.97 Å². The van der Waals surface area contributed by atoms with Gasteiger partial charge >= 0.3 is 5.97 Å². The Morgan fingerprint density at radius 2 is 2.28 bits per heavy atom. The molecule has 0 N–H and O–H groups in total. The number of carbonyl (C=O) groups is 1. The molecule has 0 spiro atoms. The molecule has 94 valence electrons. The molecular formula is C14H15NO3. The Bertz CT molecular complexity index is 486. The van der Waals surface area contributed by atoms with Gasteiger partial charge in [0.1, 0.15) is 5.75 Å². The number of carbonyl (C=O) groups excluding carboxylic acids is 1. The third-order valence-corrected chi connectivity index (χ3v) is 2.81. The molecule has 1 aliphatic carbocycles. The minimum absolute atomic E-state index is 0.0839. The molecule has 0 unspecified atom stereocenters. The maximum atomic E-state index is 11.2. The van der Waals surface area contributed by atoms with Gasteiger partial charge in [0.25, 0.3) is 0 Å². The van der Waals surface area contributed by atoms with Gasteiger partial charge in [-0.1, -0.05) is 0 Å². The molecule has 4 heteroatoms. The van der Waals surface area contributed by atoms with Gasteiger partial charge in [0.15, 0.2) is 6.61 Å². The summed E-state index contributed by atoms with van der Waals surface area (Å²) in [6.45, 7) is 2.03. The average molecular weight is 245 g/mol. The summed E-state index contributed by atoms with van der Waals surface area (Å²) in [5.41, 5.74) is 1.65. The zero-order chi connectivity index (χ0) is 13.0. The fourth-order valence-electron chi connectivity index (χ4n) is 1.80. The molecule has 0 radical (unpaired) electrons. The van der Waals surface area contributed by atoms with Crippen LogP contribution in [0.2, 0.25) is 0 Å². The van der Waals surface area contributed by atoms with Gasteiger partial charge in [-0.15, -0.1) is 0 Å². The lowest BCUT2D eigenvalue weighted by atomic mass is 10.1. The molecule has 0 aromatic heterocycles. The molecular weight excluding hydrogens is 230 g/mol. The Balaban J connectivity index is 2.07. The lowest BCUT2D eigenvalue weighted by Gasteiger charge is -2.10. The predicted octanol–water partition coefficient (Wildman–Crippen LogP) is 2.38. The van der Waals surface area contributed by atoms with Crippen molar-refractivity contribution < 1.29 is 14.3 Å². The van der Waals surface area contributed by atoms with E-state index >= 15 is 0 Å². The highest BCUT2D eigenvalue weighted by atomic mass is 16.6. The van der Waals surface area contributed by atoms with Gasteiger partial charge in [0, 0.05) is 0 Å². The van der Waals surface area contributed by atoms with Gasteiger partial charge in [-0.05, 0) is 49.4 Å². The van der Waals surface area contributed by atoms with Crippen molar-refractivity contribution in [2.24, 2.45) is 0 Å². The maximum absolute atomic E-state index is 11.2. The summed E-state index contributed by atoms with van der Waals surface area (Å²) in [5.74, 6) is 0.781. The van der Waals surface area contributed by atoms with E-state index in [1.807, 2.05) is 6.07 Å². The summed E-state index contributed by atoms with van der Waals surface area (Å²) in [6.07, 6.45) is 2.23. The van der Waals surface area contributed by atoms with Gasteiger partial charge in [-0.2, -0.15) is 5.26 Å². The topological polar surface area (TPSA) is 59.3 Å². The smallest absolute Gasteiger partial charge is 0.344 e. The van der Waals surface area contributed by atoms with Gasteiger partial charge in [-0.3, -0.25) is 0 Å². The lowest BCUT2D eigenvalue weighted by Crippen LogP contribution is -2.15. The van der Waals surface area contributed by atoms with E-state index in [4.69, 9.17) is 14.7 Å². The van der Waals surface area contributed by atoms with Crippen molar-refractivity contribution in [2.75, 3.05) is 13.2 Å². The predicted molar refractivity (Wildman–Crippen MR) is 65.3 cm³/mol. The van der Waals surface area contributed by atoms with E-state index in [2.05, 4.69) is 6.07 Å². The quantitative estimate of drug-likeness (QED) is 0.747. The highest BCUT2D eigenvalue weighted by molar-refractivity contribution is 5.71. The molecule has 0 amide bonds. The fraction of sp³-hybridized carbons (Fsp3) is 0.429. The van der Waals surface area contributed by atoms with Crippen LogP contribution < -0.4 is 4.74 Å². The number of hydrogen-bond acceptors (Lipinski definition) is 4. The van der Waals surface area contributed by atoms with Crippen LogP contribution in [0.15, 0.2) is 18.2 Å². The molecule has 0 saturated heterocycles. The summed E-state index contributed by atoms with van der Waals surface area (Å²) < 4.78 is 10.3. The van der Waals surface area contributed by atoms with E-state index in [9.17, 15) is 4.79 Å². The van der Waals surface area contributed by atoms with E-state index in [-0.39, 0.29) is 12.6 Å². The van der Waals surface area contributed by atoms with E-state index in [0.717, 1.165) is 18.4 Å². The molecule has 2 rings (SSSR count). The Hall–Kier alpha value is -2.02. The Labute approximate surface area is 106 Å². The average Bonchev–Trinajstić information content (AvgIpc) is 3.21. The first kappa shape index (κ1) is 12.4. The Morgan fingerprint density at radius 1 is 1.50 bits per heavy atom. The minimum atomic E-state index is -0.372. The second-order valence-corrected chi connectivity index (χ2v) is 4.23. The van der Waals surface area contributed by atoms with Crippen LogP contribution in [0.4, 0.5) is 0 Å². The lowest BCUT2D eigenvalue weighted by molar-refractivity contribution is -0.145. The van der Waals surface area contributed by atoms with Gasteiger partial charge in [-0.25, -0.2) is 4.79 Å². The van der Waals surface area contributed by atoms with Crippen molar-refractivity contribution in [3.8, 4) is 11.8 Å². The summed E-state index contributed by atoms with van der Waals surface area (Å²) in [7, 11) is 0. The number of nitrogens with zero attached hydrogens (tertiary/aromatic N) is 1. The molecule has 1 aliphatic rings. The highest BCUT2D eigenvalue weighted by Gasteiger charge is 2.27. The first-order chi connectivity index (χ1) is 8.74. The standard InChI is InChI=1S/C14H15NO3/c1-2-17-14(16)9-18-13-6-3-10(8-15)7-12(13)11-4-5-11/h3,6-7,11H,2,4-5,9H2,1H3. The second-order valence-electron chi connectivity index (χ2n) is 4.23. The zero-order valence-electron chi connectivity index (χ0n) is 10.3. The monoisotopic (exact) mass is 245 g/mol. The normalized spacial score (nSPS) is 13.8. The number of ether oxygens (including phenoxy) is 2. The molecule has 0 aliphatic heterocycles. The third-order valence-electron chi connectivity index (χ3n) is 2.81. The van der Waals surface area contributed by atoms with E-state index in [1.165, 1.54) is 0 Å². The Kier molecular flexibility index (Phi) is 3.83. The zero-order valence-corrected chi connectivity index (χ0v) is 10.3. The van der Waals surface area contributed by atoms with Crippen molar-refractivity contribution in [1.29, 1.82) is 5.26 Å². The van der Waals surface area contributed by atoms with Gasteiger partial charge < -0.3 is 9.47 Å². The van der Waals surface area contributed by atoms with Crippen molar-refractivity contribution in [2.45, 2.75) is 25.7 Å². The minimum Gasteiger partial charge on any atom is -0.482 e. The van der Waals surface area contributed by atoms with Crippen LogP contribution in [0.1, 0.15) is 36.8 Å². The summed E-state index contributed by atoms with van der Waals surface area (Å²) in [5, 5.41) is 8.88. The van der Waals surface area contributed by atoms with Crippen LogP contribution in [0.3, 0.4) is 0 Å². The summed E-state index contributed by atoms with van der Waals surface area (Å²) >= 11 is 0. The largest absolute Gasteiger partial charge is 0.482 e. The number of esters is 1. The molecule has 1 aromatic carbocycles. The second kappa shape index (κ2) is 5.54. The van der Waals surface area contributed by atoms with Crippen LogP contribution in [-0.2, 0) is 9.53 Å². The van der Waals surface area contributed by atoms with Gasteiger partial charge in [0.2, 0.25) is 0 Å². The summed E-state index contributed by atoms with van der Waals surface area (Å²) in [4.78, 5) is 11.2. The molecule has 0 bridgehead atoms. The molecule has 0 heterocycles. The van der Waals surface area contributed by atoms with Crippen molar-refractivity contribution in [1.82, 2.24) is 0 Å². The van der Waals surface area contributed by atoms with E-state index < -0.39 is 0 Å². The van der Waals surface area contributed by atoms with Crippen LogP contribution in [-0.4, -0.2) is 19.2 Å². The first-order valence-corrected chi connectivity index (χ1v) is 6.07. The number of nitriles is 1. The Morgan fingerprint density at radius 3 is 2.89 bits per heavy atom. The third kappa shape index (κ3) is 3.01. The SMILES string of the molecule is CCOC(=O)COc1ccc(C#N)cc1C1CC1. The number of rotatable bonds is 5. The first-order valence-electron chi connectivity index (χ1n) is 6.07. The molecule has 4 nitrogen and oxygen atoms in total. The van der Waals surface area contributed by atoms with Crippen molar-refractivity contribution in [3.05, 3.63) is 29.3 Å². The molecule has 1 fully saturated rings. The van der Waals surface area contributed by atoms with Crippen LogP contribution in [0, 0.1) is 11.3 Å². The van der Waals surface area contributed by atoms with Crippen LogP contribution >= 0.6 is 0 Å². The summed E-state index contributed by atoms with van der Waals surface area (Å²) in [6, 6.07) is 7.42. The molecule has 1 saturated carbocycles. The molecule has 1 aromatic rings.